The summed E-state index contributed by atoms with van der Waals surface area (Å²) in [6.07, 6.45) is 9.46. The molecule has 0 aromatic heterocycles. The van der Waals surface area contributed by atoms with Crippen LogP contribution >= 0.6 is 0 Å². The van der Waals surface area contributed by atoms with Gasteiger partial charge < -0.3 is 38.6 Å². The largest absolute Gasteiger partial charge is 0.497 e. The zero-order valence-electron chi connectivity index (χ0n) is 28.1. The monoisotopic (exact) mass is 642 g/mol. The number of methoxy groups -OCH3 is 3. The molecule has 0 unspecified atom stereocenters. The van der Waals surface area contributed by atoms with Crippen LogP contribution in [-0.4, -0.2) is 79.8 Å². The number of terminal acetylenes is 1. The van der Waals surface area contributed by atoms with Crippen molar-refractivity contribution in [2.75, 3.05) is 21.3 Å². The van der Waals surface area contributed by atoms with Gasteiger partial charge in [-0.3, -0.25) is 4.79 Å². The lowest BCUT2D eigenvalue weighted by Crippen LogP contribution is -2.63. The van der Waals surface area contributed by atoms with Gasteiger partial charge in [-0.2, -0.15) is 0 Å². The summed E-state index contributed by atoms with van der Waals surface area (Å²) in [4.78, 5) is 23.6. The van der Waals surface area contributed by atoms with Gasteiger partial charge in [0.2, 0.25) is 0 Å². The fourth-order valence-electron chi connectivity index (χ4n) is 6.13. The quantitative estimate of drug-likeness (QED) is 0.121. The van der Waals surface area contributed by atoms with Gasteiger partial charge in [0, 0.05) is 43.3 Å². The molecule has 3 rings (SSSR count). The third-order valence-electron chi connectivity index (χ3n) is 8.95. The van der Waals surface area contributed by atoms with Crippen LogP contribution < -0.4 is 4.74 Å². The Morgan fingerprint density at radius 1 is 1.15 bits per heavy atom. The first-order valence-electron chi connectivity index (χ1n) is 15.6. The molecule has 2 saturated heterocycles. The number of aliphatic hydroxyl groups excluding tert-OH is 1. The van der Waals surface area contributed by atoms with Crippen LogP contribution in [-0.2, 0) is 39.9 Å². The number of carboxylic acid groups (broad SMARTS) is 1. The van der Waals surface area contributed by atoms with Crippen LogP contribution in [0.25, 0.3) is 0 Å². The second-order valence-corrected chi connectivity index (χ2v) is 13.2. The summed E-state index contributed by atoms with van der Waals surface area (Å²) in [5.74, 6) is 0.697. The van der Waals surface area contributed by atoms with Crippen LogP contribution in [0.1, 0.15) is 71.8 Å². The number of ether oxygens (including phenoxy) is 6. The molecule has 2 heterocycles. The highest BCUT2D eigenvalue weighted by atomic mass is 16.7. The number of aliphatic hydroxyl groups is 1. The molecule has 0 radical (unpaired) electrons. The summed E-state index contributed by atoms with van der Waals surface area (Å²) >= 11 is 0. The minimum atomic E-state index is -1.26. The summed E-state index contributed by atoms with van der Waals surface area (Å²) < 4.78 is 36.3. The van der Waals surface area contributed by atoms with Crippen molar-refractivity contribution in [3.05, 3.63) is 53.6 Å². The number of carbonyl (C=O) groups excluding carboxylic acids is 1. The number of carboxylic acids is 1. The third-order valence-corrected chi connectivity index (χ3v) is 8.95. The molecule has 2 aliphatic rings. The molecule has 10 nitrogen and oxygen atoms in total. The summed E-state index contributed by atoms with van der Waals surface area (Å²) in [6, 6.07) is 7.60. The van der Waals surface area contributed by atoms with Gasteiger partial charge in [0.05, 0.1) is 57.8 Å². The molecular weight excluding hydrogens is 592 g/mol. The van der Waals surface area contributed by atoms with Gasteiger partial charge in [0.1, 0.15) is 5.75 Å². The maximum absolute atomic E-state index is 12.2. The Morgan fingerprint density at radius 2 is 1.85 bits per heavy atom. The normalized spacial score (nSPS) is 28.0. The van der Waals surface area contributed by atoms with Crippen molar-refractivity contribution < 1.29 is 48.2 Å². The number of carbonyl (C=O) groups is 2. The Balaban J connectivity index is 1.94. The van der Waals surface area contributed by atoms with E-state index in [9.17, 15) is 19.8 Å². The Labute approximate surface area is 273 Å². The summed E-state index contributed by atoms with van der Waals surface area (Å²) in [5, 5.41) is 19.9. The number of allylic oxidation sites excluding steroid dienone is 1. The van der Waals surface area contributed by atoms with E-state index >= 15 is 0 Å². The predicted molar refractivity (Wildman–Crippen MR) is 172 cm³/mol. The Hall–Kier alpha value is -3.20. The smallest absolute Gasteiger partial charge is 0.330 e. The first-order chi connectivity index (χ1) is 21.7. The van der Waals surface area contributed by atoms with E-state index in [1.807, 2.05) is 64.1 Å². The van der Waals surface area contributed by atoms with E-state index < -0.39 is 59.4 Å². The summed E-state index contributed by atoms with van der Waals surface area (Å²) in [7, 11) is 4.52. The highest BCUT2D eigenvalue weighted by Crippen LogP contribution is 2.51. The highest BCUT2D eigenvalue weighted by Gasteiger charge is 2.58. The molecule has 0 aliphatic carbocycles. The van der Waals surface area contributed by atoms with E-state index in [-0.39, 0.29) is 18.9 Å². The predicted octanol–water partition coefficient (Wildman–Crippen LogP) is 5.22. The molecule has 2 fully saturated rings. The van der Waals surface area contributed by atoms with Gasteiger partial charge in [-0.05, 0) is 44.4 Å². The Morgan fingerprint density at radius 3 is 2.43 bits per heavy atom. The van der Waals surface area contributed by atoms with Crippen LogP contribution in [0.2, 0.25) is 0 Å². The standard InChI is InChI=1S/C36H50O10/c1-9-34(2,3)15-14-28-16-25(18-33(40)42-7)17-30(45-28)22-36(43-8)35(4,5)31(21-29(46-36)19-26(37)20-32(38)39)44-23-24-10-12-27(41-6)13-11-24/h1,10-15,18,26,28-31,37H,16-17,19-23H2,2-8H3,(H,38,39)/b15-14+,25-18+/t26-,28+,29-,30+,31+,36+/m1/s1. The Kier molecular flexibility index (Phi) is 13.0. The fourth-order valence-corrected chi connectivity index (χ4v) is 6.13. The maximum atomic E-state index is 12.2. The van der Waals surface area contributed by atoms with Crippen molar-refractivity contribution in [1.82, 2.24) is 0 Å². The average molecular weight is 643 g/mol. The molecule has 254 valence electrons. The number of benzene rings is 1. The third kappa shape index (κ3) is 9.90. The molecule has 2 aliphatic heterocycles. The van der Waals surface area contributed by atoms with Gasteiger partial charge >= 0.3 is 11.9 Å². The van der Waals surface area contributed by atoms with Gasteiger partial charge in [-0.15, -0.1) is 6.42 Å². The number of aliphatic carboxylic acids is 1. The van der Waals surface area contributed by atoms with E-state index in [0.29, 0.717) is 25.9 Å². The molecule has 0 amide bonds. The van der Waals surface area contributed by atoms with Gasteiger partial charge in [-0.1, -0.05) is 49.6 Å². The number of hydrogen-bond donors (Lipinski definition) is 2. The van der Waals surface area contributed by atoms with E-state index in [4.69, 9.17) is 34.8 Å². The summed E-state index contributed by atoms with van der Waals surface area (Å²) in [5.41, 5.74) is 0.596. The minimum Gasteiger partial charge on any atom is -0.497 e. The van der Waals surface area contributed by atoms with Crippen molar-refractivity contribution in [1.29, 1.82) is 0 Å². The summed E-state index contributed by atoms with van der Waals surface area (Å²) in [6.45, 7) is 8.20. The zero-order valence-corrected chi connectivity index (χ0v) is 28.1. The van der Waals surface area contributed by atoms with Gasteiger partial charge in [0.15, 0.2) is 5.79 Å². The average Bonchev–Trinajstić information content (AvgIpc) is 3.00. The zero-order chi connectivity index (χ0) is 34.1. The molecule has 0 bridgehead atoms. The fraction of sp³-hybridized carbons (Fsp3) is 0.611. The first-order valence-corrected chi connectivity index (χ1v) is 15.6. The van der Waals surface area contributed by atoms with Crippen molar-refractivity contribution in [2.24, 2.45) is 10.8 Å². The minimum absolute atomic E-state index is 0.0848. The van der Waals surface area contributed by atoms with Crippen molar-refractivity contribution in [3.63, 3.8) is 0 Å². The van der Waals surface area contributed by atoms with Crippen LogP contribution in [0.5, 0.6) is 5.75 Å². The van der Waals surface area contributed by atoms with E-state index in [2.05, 4.69) is 5.92 Å². The molecule has 1 aromatic rings. The van der Waals surface area contributed by atoms with Crippen molar-refractivity contribution >= 4 is 11.9 Å². The lowest BCUT2D eigenvalue weighted by Gasteiger charge is -2.56. The topological polar surface area (TPSA) is 130 Å². The molecule has 0 spiro atoms. The molecule has 0 saturated carbocycles. The number of esters is 1. The van der Waals surface area contributed by atoms with Gasteiger partial charge in [-0.25, -0.2) is 4.79 Å². The maximum Gasteiger partial charge on any atom is 0.330 e. The number of rotatable bonds is 14. The van der Waals surface area contributed by atoms with Crippen molar-refractivity contribution in [3.8, 4) is 18.1 Å². The lowest BCUT2D eigenvalue weighted by molar-refractivity contribution is -0.362. The SMILES string of the molecule is C#CC(C)(C)/C=C/[C@H]1C/C(=C\C(=O)OC)C[C@@H](C[C@]2(OC)O[C@H](C[C@@H](O)CC(=O)O)C[C@H](OCc3ccc(OC)cc3)C2(C)C)O1. The molecule has 46 heavy (non-hydrogen) atoms. The van der Waals surface area contributed by atoms with E-state index in [1.54, 1.807) is 14.2 Å². The first kappa shape index (κ1) is 37.3. The molecule has 1 aromatic carbocycles. The van der Waals surface area contributed by atoms with Crippen LogP contribution in [0, 0.1) is 23.2 Å². The van der Waals surface area contributed by atoms with E-state index in [0.717, 1.165) is 16.9 Å². The van der Waals surface area contributed by atoms with Crippen LogP contribution in [0.4, 0.5) is 0 Å². The van der Waals surface area contributed by atoms with E-state index in [1.165, 1.54) is 13.2 Å². The second kappa shape index (κ2) is 16.1. The molecular formula is C36H50O10. The van der Waals surface area contributed by atoms with Crippen LogP contribution in [0.3, 0.4) is 0 Å². The Bertz CT molecular complexity index is 1270. The van der Waals surface area contributed by atoms with Crippen molar-refractivity contribution in [2.45, 2.75) is 109 Å². The highest BCUT2D eigenvalue weighted by molar-refractivity contribution is 5.82. The lowest BCUT2D eigenvalue weighted by atomic mass is 9.70. The molecule has 6 atom stereocenters. The second-order valence-electron chi connectivity index (χ2n) is 13.2. The van der Waals surface area contributed by atoms with Gasteiger partial charge in [0.25, 0.3) is 0 Å². The molecule has 2 N–H and O–H groups in total. The van der Waals surface area contributed by atoms with Crippen LogP contribution in [0.15, 0.2) is 48.1 Å². The number of hydrogen-bond acceptors (Lipinski definition) is 9. The molecule has 10 heteroatoms.